The smallest absolute Gasteiger partial charge is 0.236 e. The summed E-state index contributed by atoms with van der Waals surface area (Å²) in [6.45, 7) is 0. The molecule has 0 bridgehead atoms. The number of rotatable bonds is 5. The van der Waals surface area contributed by atoms with Crippen LogP contribution < -0.4 is 10.6 Å². The second-order valence-electron chi connectivity index (χ2n) is 6.58. The highest BCUT2D eigenvalue weighted by Gasteiger charge is 2.13. The van der Waals surface area contributed by atoms with Crippen molar-refractivity contribution in [3.63, 3.8) is 0 Å². The van der Waals surface area contributed by atoms with Gasteiger partial charge >= 0.3 is 0 Å². The number of fused-ring (bicyclic) bond motifs is 1. The maximum absolute atomic E-state index is 12.2. The van der Waals surface area contributed by atoms with Gasteiger partial charge < -0.3 is 15.1 Å². The molecule has 0 saturated heterocycles. The molecule has 0 fully saturated rings. The summed E-state index contributed by atoms with van der Waals surface area (Å²) in [7, 11) is 0. The quantitative estimate of drug-likeness (QED) is 0.216. The fourth-order valence-electron chi connectivity index (χ4n) is 2.82. The maximum Gasteiger partial charge on any atom is 0.236 e. The molecule has 162 valence electrons. The van der Waals surface area contributed by atoms with Crippen molar-refractivity contribution in [2.75, 3.05) is 11.1 Å². The van der Waals surface area contributed by atoms with Gasteiger partial charge in [-0.3, -0.25) is 4.79 Å². The van der Waals surface area contributed by atoms with Gasteiger partial charge in [-0.15, -0.1) is 11.8 Å². The van der Waals surface area contributed by atoms with E-state index < -0.39 is 0 Å². The molecule has 5 nitrogen and oxygen atoms in total. The van der Waals surface area contributed by atoms with Crippen molar-refractivity contribution in [2.24, 2.45) is 0 Å². The van der Waals surface area contributed by atoms with Crippen LogP contribution in [0.1, 0.15) is 0 Å². The minimum Gasteiger partial charge on any atom is -0.435 e. The normalized spacial score (nSPS) is 10.8. The number of amides is 1. The Morgan fingerprint density at radius 3 is 2.59 bits per heavy atom. The first-order chi connectivity index (χ1) is 15.4. The van der Waals surface area contributed by atoms with Gasteiger partial charge in [0, 0.05) is 26.2 Å². The topological polar surface area (TPSA) is 67.2 Å². The number of benzene rings is 3. The molecule has 0 saturated carbocycles. The predicted octanol–water partition coefficient (Wildman–Crippen LogP) is 7.06. The minimum atomic E-state index is -0.218. The lowest BCUT2D eigenvalue weighted by atomic mass is 10.2. The fraction of sp³-hybridized carbons (Fsp3) is 0.0455. The molecule has 0 atom stereocenters. The second kappa shape index (κ2) is 10.1. The highest BCUT2D eigenvalue weighted by Crippen LogP contribution is 2.32. The van der Waals surface area contributed by atoms with E-state index >= 15 is 0 Å². The van der Waals surface area contributed by atoms with Crippen LogP contribution in [0, 0.1) is 0 Å². The van der Waals surface area contributed by atoms with E-state index in [0.717, 1.165) is 4.90 Å². The highest BCUT2D eigenvalue weighted by molar-refractivity contribution is 8.00. The Hall–Kier alpha value is -2.29. The van der Waals surface area contributed by atoms with Crippen molar-refractivity contribution in [1.82, 2.24) is 10.3 Å². The van der Waals surface area contributed by atoms with E-state index in [1.807, 2.05) is 30.3 Å². The van der Waals surface area contributed by atoms with E-state index in [1.165, 1.54) is 11.8 Å². The lowest BCUT2D eigenvalue weighted by Crippen LogP contribution is -2.35. The van der Waals surface area contributed by atoms with Gasteiger partial charge in [0.2, 0.25) is 11.8 Å². The van der Waals surface area contributed by atoms with E-state index in [2.05, 4.69) is 15.6 Å². The van der Waals surface area contributed by atoms with Crippen LogP contribution in [-0.2, 0) is 4.79 Å². The van der Waals surface area contributed by atoms with Crippen molar-refractivity contribution in [3.05, 3.63) is 75.7 Å². The second-order valence-corrected chi connectivity index (χ2v) is 9.32. The van der Waals surface area contributed by atoms with Gasteiger partial charge in [-0.2, -0.15) is 0 Å². The number of aromatic nitrogens is 1. The Kier molecular flexibility index (Phi) is 7.23. The van der Waals surface area contributed by atoms with Gasteiger partial charge in [-0.25, -0.2) is 4.98 Å². The van der Waals surface area contributed by atoms with Crippen LogP contribution in [0.4, 0.5) is 5.69 Å². The molecule has 0 radical (unpaired) electrons. The molecule has 1 amide bonds. The molecule has 0 aliphatic heterocycles. The molecule has 0 aliphatic carbocycles. The number of nitrogens with one attached hydrogen (secondary N) is 2. The van der Waals surface area contributed by atoms with Crippen LogP contribution in [0.5, 0.6) is 0 Å². The molecule has 1 heterocycles. The first kappa shape index (κ1) is 22.9. The molecule has 0 unspecified atom stereocenters. The molecular weight excluding hydrogens is 509 g/mol. The number of halogens is 3. The Labute approximate surface area is 208 Å². The molecule has 3 aromatic carbocycles. The number of carbonyl (C=O) groups is 1. The molecule has 0 spiro atoms. The maximum atomic E-state index is 12.2. The zero-order valence-electron chi connectivity index (χ0n) is 16.2. The Bertz CT molecular complexity index is 1310. The first-order valence-electron chi connectivity index (χ1n) is 9.22. The molecule has 1 aromatic heterocycles. The zero-order valence-corrected chi connectivity index (χ0v) is 20.1. The summed E-state index contributed by atoms with van der Waals surface area (Å²) < 4.78 is 5.80. The number of nitrogens with zero attached hydrogens (tertiary/aromatic N) is 1. The lowest BCUT2D eigenvalue weighted by molar-refractivity contribution is -0.117. The molecule has 4 rings (SSSR count). The number of hydrogen-bond donors (Lipinski definition) is 2. The number of hydrogen-bond acceptors (Lipinski definition) is 5. The van der Waals surface area contributed by atoms with Gasteiger partial charge in [0.05, 0.1) is 10.8 Å². The largest absolute Gasteiger partial charge is 0.435 e. The molecule has 4 aromatic rings. The zero-order chi connectivity index (χ0) is 22.7. The summed E-state index contributed by atoms with van der Waals surface area (Å²) >= 11 is 24.7. The van der Waals surface area contributed by atoms with Crippen LogP contribution in [0.2, 0.25) is 15.1 Å². The van der Waals surface area contributed by atoms with Crippen molar-refractivity contribution >= 4 is 86.6 Å². The fourth-order valence-corrected chi connectivity index (χ4v) is 4.40. The van der Waals surface area contributed by atoms with E-state index in [4.69, 9.17) is 51.4 Å². The summed E-state index contributed by atoms with van der Waals surface area (Å²) in [4.78, 5) is 17.6. The van der Waals surface area contributed by atoms with Crippen molar-refractivity contribution in [3.8, 4) is 11.5 Å². The highest BCUT2D eigenvalue weighted by atomic mass is 35.5. The van der Waals surface area contributed by atoms with Gasteiger partial charge in [0.1, 0.15) is 5.52 Å². The van der Waals surface area contributed by atoms with E-state index in [-0.39, 0.29) is 16.8 Å². The van der Waals surface area contributed by atoms with E-state index in [9.17, 15) is 4.79 Å². The first-order valence-corrected chi connectivity index (χ1v) is 11.8. The molecule has 32 heavy (non-hydrogen) atoms. The predicted molar refractivity (Wildman–Crippen MR) is 136 cm³/mol. The van der Waals surface area contributed by atoms with Crippen LogP contribution in [0.3, 0.4) is 0 Å². The van der Waals surface area contributed by atoms with Crippen LogP contribution in [-0.4, -0.2) is 21.8 Å². The third-order valence-electron chi connectivity index (χ3n) is 4.21. The Balaban J connectivity index is 1.39. The Morgan fingerprint density at radius 2 is 1.81 bits per heavy atom. The van der Waals surface area contributed by atoms with Gasteiger partial charge in [-0.1, -0.05) is 40.9 Å². The number of oxazole rings is 1. The third kappa shape index (κ3) is 5.74. The summed E-state index contributed by atoms with van der Waals surface area (Å²) in [5.74, 6) is 0.390. The van der Waals surface area contributed by atoms with Crippen molar-refractivity contribution in [1.29, 1.82) is 0 Å². The average Bonchev–Trinajstić information content (AvgIpc) is 3.18. The molecule has 0 aliphatic rings. The van der Waals surface area contributed by atoms with E-state index in [0.29, 0.717) is 43.3 Å². The summed E-state index contributed by atoms with van der Waals surface area (Å²) in [6.07, 6.45) is 0. The van der Waals surface area contributed by atoms with Crippen LogP contribution >= 0.6 is 58.8 Å². The SMILES string of the molecule is O=C(CSc1ccc(Cl)cc1)NC(=S)Nc1cccc(-c2nc3cc(Cl)cc(Cl)c3o2)c1. The summed E-state index contributed by atoms with van der Waals surface area (Å²) in [6, 6.07) is 17.8. The monoisotopic (exact) mass is 521 g/mol. The van der Waals surface area contributed by atoms with Gasteiger partial charge in [0.15, 0.2) is 10.7 Å². The lowest BCUT2D eigenvalue weighted by Gasteiger charge is -2.10. The molecule has 10 heteroatoms. The molecule has 2 N–H and O–H groups in total. The number of thiocarbonyl (C=S) groups is 1. The third-order valence-corrected chi connectivity index (χ3v) is 6.18. The summed E-state index contributed by atoms with van der Waals surface area (Å²) in [5.41, 5.74) is 2.41. The van der Waals surface area contributed by atoms with Gasteiger partial charge in [-0.05, 0) is 66.8 Å². The number of anilines is 1. The standard InChI is InChI=1S/C22H14Cl3N3O2S2/c23-13-4-6-16(7-5-13)32-11-19(29)28-22(31)26-15-3-1-2-12(8-15)21-27-18-10-14(24)9-17(25)20(18)30-21/h1-10H,11H2,(H2,26,28,29,31). The average molecular weight is 523 g/mol. The van der Waals surface area contributed by atoms with Crippen molar-refractivity contribution in [2.45, 2.75) is 4.90 Å². The summed E-state index contributed by atoms with van der Waals surface area (Å²) in [5, 5.41) is 7.38. The minimum absolute atomic E-state index is 0.191. The van der Waals surface area contributed by atoms with Gasteiger partial charge in [0.25, 0.3) is 0 Å². The van der Waals surface area contributed by atoms with E-state index in [1.54, 1.807) is 30.3 Å². The molecular formula is C22H14Cl3N3O2S2. The number of carbonyl (C=O) groups excluding carboxylic acids is 1. The van der Waals surface area contributed by atoms with Crippen molar-refractivity contribution < 1.29 is 9.21 Å². The Morgan fingerprint density at radius 1 is 1.03 bits per heavy atom. The number of thioether (sulfide) groups is 1. The van der Waals surface area contributed by atoms with Crippen LogP contribution in [0.15, 0.2) is 70.0 Å². The van der Waals surface area contributed by atoms with Crippen LogP contribution in [0.25, 0.3) is 22.6 Å².